The summed E-state index contributed by atoms with van der Waals surface area (Å²) in [6.07, 6.45) is 0.741. The quantitative estimate of drug-likeness (QED) is 0.275. The zero-order chi connectivity index (χ0) is 23.9. The number of halogens is 1. The van der Waals surface area contributed by atoms with E-state index in [9.17, 15) is 10.2 Å². The molecule has 170 valence electrons. The van der Waals surface area contributed by atoms with Crippen molar-refractivity contribution < 1.29 is 10.2 Å². The van der Waals surface area contributed by atoms with Gasteiger partial charge in [-0.2, -0.15) is 0 Å². The van der Waals surface area contributed by atoms with Gasteiger partial charge in [-0.25, -0.2) is 0 Å². The predicted octanol–water partition coefficient (Wildman–Crippen LogP) is 8.44. The molecule has 2 nitrogen and oxygen atoms in total. The van der Waals surface area contributed by atoms with Gasteiger partial charge in [0.1, 0.15) is 11.5 Å². The summed E-state index contributed by atoms with van der Waals surface area (Å²) in [5.74, 6) is 0.594. The smallest absolute Gasteiger partial charge is 0.123 e. The van der Waals surface area contributed by atoms with Gasteiger partial charge in [0.2, 0.25) is 0 Å². The molecule has 0 radical (unpaired) electrons. The van der Waals surface area contributed by atoms with Crippen LogP contribution in [0.4, 0.5) is 0 Å². The number of hydrogen-bond donors (Lipinski definition) is 2. The second-order valence-corrected chi connectivity index (χ2v) is 9.49. The minimum Gasteiger partial charge on any atom is -0.508 e. The van der Waals surface area contributed by atoms with Crippen molar-refractivity contribution in [2.24, 2.45) is 0 Å². The van der Waals surface area contributed by atoms with Gasteiger partial charge in [0.05, 0.1) is 0 Å². The van der Waals surface area contributed by atoms with E-state index < -0.39 is 0 Å². The molecule has 3 heteroatoms. The maximum absolute atomic E-state index is 10.9. The lowest BCUT2D eigenvalue weighted by Gasteiger charge is -2.29. The highest BCUT2D eigenvalue weighted by Gasteiger charge is 2.28. The first kappa shape index (κ1) is 21.5. The summed E-state index contributed by atoms with van der Waals surface area (Å²) < 4.78 is 0. The van der Waals surface area contributed by atoms with E-state index in [0.717, 1.165) is 39.8 Å². The highest BCUT2D eigenvalue weighted by molar-refractivity contribution is 6.30. The van der Waals surface area contributed by atoms with Gasteiger partial charge in [-0.05, 0) is 87.3 Å². The molecule has 35 heavy (non-hydrogen) atoms. The molecule has 0 spiro atoms. The monoisotopic (exact) mass is 474 g/mol. The Morgan fingerprint density at radius 1 is 0.600 bits per heavy atom. The molecule has 1 aliphatic rings. The van der Waals surface area contributed by atoms with Crippen LogP contribution in [0.5, 0.6) is 11.5 Å². The Balaban J connectivity index is 1.44. The van der Waals surface area contributed by atoms with Crippen molar-refractivity contribution in [3.8, 4) is 44.9 Å². The van der Waals surface area contributed by atoms with Gasteiger partial charge in [0.15, 0.2) is 0 Å². The van der Waals surface area contributed by atoms with E-state index in [-0.39, 0.29) is 17.4 Å². The van der Waals surface area contributed by atoms with Crippen molar-refractivity contribution >= 4 is 11.6 Å². The zero-order valence-corrected chi connectivity index (χ0v) is 19.7. The summed E-state index contributed by atoms with van der Waals surface area (Å²) >= 11 is 6.07. The Bertz CT molecular complexity index is 1520. The zero-order valence-electron chi connectivity index (χ0n) is 18.9. The average Bonchev–Trinajstić information content (AvgIpc) is 2.89. The highest BCUT2D eigenvalue weighted by atomic mass is 35.5. The van der Waals surface area contributed by atoms with E-state index in [2.05, 4.69) is 42.5 Å². The van der Waals surface area contributed by atoms with E-state index in [1.165, 1.54) is 16.7 Å². The fraction of sp³-hybridized carbons (Fsp3) is 0.0625. The summed E-state index contributed by atoms with van der Waals surface area (Å²) in [5.41, 5.74) is 9.57. The lowest BCUT2D eigenvalue weighted by Crippen LogP contribution is -2.13. The fourth-order valence-electron chi connectivity index (χ4n) is 5.16. The summed E-state index contributed by atoms with van der Waals surface area (Å²) in [4.78, 5) is 0. The SMILES string of the molecule is Oc1ccc2c(c1)C(c1ccc(-c3ccccc3)cc1)Cc1cc(O)c(-c3ccc(Cl)cc3)cc1-2. The van der Waals surface area contributed by atoms with Crippen LogP contribution >= 0.6 is 11.6 Å². The number of fused-ring (bicyclic) bond motifs is 3. The number of phenols is 2. The van der Waals surface area contributed by atoms with Crippen molar-refractivity contribution in [3.05, 3.63) is 131 Å². The first-order valence-corrected chi connectivity index (χ1v) is 12.0. The van der Waals surface area contributed by atoms with Gasteiger partial charge in [-0.15, -0.1) is 0 Å². The third kappa shape index (κ3) is 3.96. The van der Waals surface area contributed by atoms with Crippen LogP contribution in [0.3, 0.4) is 0 Å². The average molecular weight is 475 g/mol. The van der Waals surface area contributed by atoms with Crippen LogP contribution < -0.4 is 0 Å². The van der Waals surface area contributed by atoms with E-state index in [1.54, 1.807) is 6.07 Å². The van der Waals surface area contributed by atoms with Crippen molar-refractivity contribution in [2.75, 3.05) is 0 Å². The number of phenolic OH excluding ortho intramolecular Hbond substituents is 2. The van der Waals surface area contributed by atoms with Crippen LogP contribution in [0, 0.1) is 0 Å². The second kappa shape index (κ2) is 8.65. The van der Waals surface area contributed by atoms with Gasteiger partial charge in [-0.3, -0.25) is 0 Å². The third-order valence-electron chi connectivity index (χ3n) is 6.92. The molecular weight excluding hydrogens is 452 g/mol. The maximum Gasteiger partial charge on any atom is 0.123 e. The van der Waals surface area contributed by atoms with Crippen LogP contribution in [0.25, 0.3) is 33.4 Å². The Labute approximate surface area is 209 Å². The lowest BCUT2D eigenvalue weighted by molar-refractivity contribution is 0.473. The minimum absolute atomic E-state index is 0.0789. The molecule has 2 N–H and O–H groups in total. The molecule has 0 saturated carbocycles. The van der Waals surface area contributed by atoms with Gasteiger partial charge < -0.3 is 10.2 Å². The molecule has 6 rings (SSSR count). The third-order valence-corrected chi connectivity index (χ3v) is 7.17. The lowest BCUT2D eigenvalue weighted by atomic mass is 9.74. The Morgan fingerprint density at radius 3 is 2.03 bits per heavy atom. The highest BCUT2D eigenvalue weighted by Crippen LogP contribution is 2.47. The molecule has 0 bridgehead atoms. The van der Waals surface area contributed by atoms with Crippen molar-refractivity contribution in [2.45, 2.75) is 12.3 Å². The molecule has 0 heterocycles. The van der Waals surface area contributed by atoms with E-state index in [4.69, 9.17) is 11.6 Å². The topological polar surface area (TPSA) is 40.5 Å². The summed E-state index contributed by atoms with van der Waals surface area (Å²) in [7, 11) is 0. The standard InChI is InChI=1S/C32H23ClO2/c33-25-12-10-23(11-13-25)30-19-29-24(17-32(30)35)16-28(31-18-26(34)14-15-27(29)31)22-8-6-21(7-9-22)20-4-2-1-3-5-20/h1-15,17-19,28,34-35H,16H2. The van der Waals surface area contributed by atoms with Crippen molar-refractivity contribution in [3.63, 3.8) is 0 Å². The molecular formula is C32H23ClO2. The summed E-state index contributed by atoms with van der Waals surface area (Å²) in [6.45, 7) is 0. The Morgan fingerprint density at radius 2 is 1.29 bits per heavy atom. The maximum atomic E-state index is 10.9. The first-order valence-electron chi connectivity index (χ1n) is 11.7. The molecule has 1 atom stereocenters. The second-order valence-electron chi connectivity index (χ2n) is 9.05. The summed E-state index contributed by atoms with van der Waals surface area (Å²) in [5, 5.41) is 21.9. The van der Waals surface area contributed by atoms with Gasteiger partial charge in [-0.1, -0.05) is 84.4 Å². The van der Waals surface area contributed by atoms with Gasteiger partial charge >= 0.3 is 0 Å². The normalized spacial score (nSPS) is 14.3. The predicted molar refractivity (Wildman–Crippen MR) is 143 cm³/mol. The van der Waals surface area contributed by atoms with Crippen LogP contribution in [-0.2, 0) is 6.42 Å². The fourth-order valence-corrected chi connectivity index (χ4v) is 5.29. The number of rotatable bonds is 3. The van der Waals surface area contributed by atoms with Crippen LogP contribution in [-0.4, -0.2) is 10.2 Å². The first-order chi connectivity index (χ1) is 17.1. The number of hydrogen-bond acceptors (Lipinski definition) is 2. The number of benzene rings is 5. The van der Waals surface area contributed by atoms with Crippen molar-refractivity contribution in [1.82, 2.24) is 0 Å². The number of aromatic hydroxyl groups is 2. The molecule has 5 aromatic rings. The molecule has 0 amide bonds. The Kier molecular flexibility index (Phi) is 5.32. The largest absolute Gasteiger partial charge is 0.508 e. The van der Waals surface area contributed by atoms with Crippen LogP contribution in [0.15, 0.2) is 109 Å². The van der Waals surface area contributed by atoms with Crippen LogP contribution in [0.2, 0.25) is 5.02 Å². The minimum atomic E-state index is 0.0789. The molecule has 5 aromatic carbocycles. The van der Waals surface area contributed by atoms with Crippen LogP contribution in [0.1, 0.15) is 22.6 Å². The Hall–Kier alpha value is -4.01. The van der Waals surface area contributed by atoms with Gasteiger partial charge in [0, 0.05) is 16.5 Å². The van der Waals surface area contributed by atoms with E-state index >= 15 is 0 Å². The van der Waals surface area contributed by atoms with E-state index in [0.29, 0.717) is 5.02 Å². The molecule has 0 fully saturated rings. The molecule has 0 aromatic heterocycles. The molecule has 1 aliphatic carbocycles. The van der Waals surface area contributed by atoms with E-state index in [1.807, 2.05) is 60.7 Å². The van der Waals surface area contributed by atoms with Gasteiger partial charge in [0.25, 0.3) is 0 Å². The summed E-state index contributed by atoms with van der Waals surface area (Å²) in [6, 6.07) is 36.0. The van der Waals surface area contributed by atoms with Crippen molar-refractivity contribution in [1.29, 1.82) is 0 Å². The molecule has 1 unspecified atom stereocenters. The molecule has 0 saturated heterocycles. The molecule has 0 aliphatic heterocycles.